The molecule has 1 aliphatic carbocycles. The van der Waals surface area contributed by atoms with Gasteiger partial charge in [0, 0.05) is 26.8 Å². The maximum atomic E-state index is 13.4. The summed E-state index contributed by atoms with van der Waals surface area (Å²) in [6.45, 7) is 0.178. The van der Waals surface area contributed by atoms with Gasteiger partial charge in [-0.3, -0.25) is 4.68 Å². The molecule has 1 aromatic rings. The molecule has 1 aromatic heterocycles. The zero-order valence-electron chi connectivity index (χ0n) is 9.65. The van der Waals surface area contributed by atoms with Gasteiger partial charge in [0.25, 0.3) is 0 Å². The smallest absolute Gasteiger partial charge is 0.147 e. The molecule has 0 radical (unpaired) electrons. The van der Waals surface area contributed by atoms with Gasteiger partial charge in [0.15, 0.2) is 0 Å². The van der Waals surface area contributed by atoms with Crippen molar-refractivity contribution in [3.8, 4) is 0 Å². The van der Waals surface area contributed by atoms with Gasteiger partial charge in [0.05, 0.1) is 5.69 Å². The fourth-order valence-electron chi connectivity index (χ4n) is 2.38. The molecule has 1 fully saturated rings. The minimum absolute atomic E-state index is 0.178. The summed E-state index contributed by atoms with van der Waals surface area (Å²) in [5.74, 6) is 0. The maximum Gasteiger partial charge on any atom is 0.147 e. The molecular formula is C11H17FN2O2. The van der Waals surface area contributed by atoms with Crippen LogP contribution in [-0.2, 0) is 22.1 Å². The van der Waals surface area contributed by atoms with Crippen LogP contribution in [0.25, 0.3) is 0 Å². The van der Waals surface area contributed by atoms with Gasteiger partial charge >= 0.3 is 0 Å². The van der Waals surface area contributed by atoms with Crippen molar-refractivity contribution >= 4 is 0 Å². The van der Waals surface area contributed by atoms with Crippen molar-refractivity contribution in [2.45, 2.75) is 31.0 Å². The summed E-state index contributed by atoms with van der Waals surface area (Å²) in [6.07, 6.45) is 2.51. The molecule has 0 saturated heterocycles. The lowest BCUT2D eigenvalue weighted by Gasteiger charge is -2.28. The molecule has 2 rings (SSSR count). The second-order valence-electron chi connectivity index (χ2n) is 4.23. The Morgan fingerprint density at radius 1 is 1.69 bits per heavy atom. The minimum atomic E-state index is -0.799. The summed E-state index contributed by atoms with van der Waals surface area (Å²) in [7, 11) is 3.41. The molecule has 0 aliphatic heterocycles. The number of alkyl halides is 1. The number of ether oxygens (including phenoxy) is 2. The molecule has 0 aromatic carbocycles. The van der Waals surface area contributed by atoms with Crippen molar-refractivity contribution in [2.75, 3.05) is 13.9 Å². The fraction of sp³-hybridized carbons (Fsp3) is 0.727. The van der Waals surface area contributed by atoms with Crippen LogP contribution in [-0.4, -0.2) is 29.9 Å². The lowest BCUT2D eigenvalue weighted by atomic mass is 9.97. The van der Waals surface area contributed by atoms with E-state index >= 15 is 0 Å². The predicted octanol–water partition coefficient (Wildman–Crippen LogP) is 1.76. The first-order chi connectivity index (χ1) is 7.68. The number of hydrogen-bond acceptors (Lipinski definition) is 3. The predicted molar refractivity (Wildman–Crippen MR) is 56.6 cm³/mol. The first-order valence-electron chi connectivity index (χ1n) is 5.43. The minimum Gasteiger partial charge on any atom is -0.359 e. The van der Waals surface area contributed by atoms with Gasteiger partial charge < -0.3 is 9.47 Å². The molecule has 0 spiro atoms. The van der Waals surface area contributed by atoms with E-state index < -0.39 is 11.8 Å². The highest BCUT2D eigenvalue weighted by Crippen LogP contribution is 2.43. The third kappa shape index (κ3) is 1.97. The number of rotatable bonds is 4. The lowest BCUT2D eigenvalue weighted by Crippen LogP contribution is -2.30. The quantitative estimate of drug-likeness (QED) is 0.737. The van der Waals surface area contributed by atoms with E-state index in [0.29, 0.717) is 19.3 Å². The van der Waals surface area contributed by atoms with Crippen molar-refractivity contribution < 1.29 is 13.9 Å². The molecule has 16 heavy (non-hydrogen) atoms. The van der Waals surface area contributed by atoms with E-state index in [2.05, 4.69) is 5.10 Å². The first kappa shape index (κ1) is 11.5. The van der Waals surface area contributed by atoms with Crippen LogP contribution in [0.15, 0.2) is 12.3 Å². The zero-order valence-corrected chi connectivity index (χ0v) is 9.65. The summed E-state index contributed by atoms with van der Waals surface area (Å²) in [6, 6.07) is 1.88. The Kier molecular flexibility index (Phi) is 3.25. The summed E-state index contributed by atoms with van der Waals surface area (Å²) in [5, 5.41) is 4.11. The fourth-order valence-corrected chi connectivity index (χ4v) is 2.38. The van der Waals surface area contributed by atoms with Crippen molar-refractivity contribution in [2.24, 2.45) is 7.05 Å². The van der Waals surface area contributed by atoms with Crippen LogP contribution in [0.4, 0.5) is 4.39 Å². The van der Waals surface area contributed by atoms with Crippen LogP contribution in [0.5, 0.6) is 0 Å². The van der Waals surface area contributed by atoms with E-state index in [4.69, 9.17) is 9.47 Å². The molecule has 0 amide bonds. The van der Waals surface area contributed by atoms with Gasteiger partial charge in [-0.1, -0.05) is 0 Å². The van der Waals surface area contributed by atoms with Gasteiger partial charge in [-0.15, -0.1) is 0 Å². The normalized spacial score (nSPS) is 29.8. The molecule has 1 saturated carbocycles. The van der Waals surface area contributed by atoms with E-state index in [1.807, 2.05) is 13.1 Å². The number of halogens is 1. The standard InChI is InChI=1S/C11H17FN2O2/c1-14-10(4-6-13-14)11(16-8-15-2)5-3-9(12)7-11/h4,6,9H,3,5,7-8H2,1-2H3. The van der Waals surface area contributed by atoms with Gasteiger partial charge in [-0.25, -0.2) is 4.39 Å². The Labute approximate surface area is 94.3 Å². The second-order valence-corrected chi connectivity index (χ2v) is 4.23. The largest absolute Gasteiger partial charge is 0.359 e. The Morgan fingerprint density at radius 3 is 3.00 bits per heavy atom. The van der Waals surface area contributed by atoms with E-state index in [-0.39, 0.29) is 6.79 Å². The number of aromatic nitrogens is 2. The highest BCUT2D eigenvalue weighted by atomic mass is 19.1. The number of nitrogens with zero attached hydrogens (tertiary/aromatic N) is 2. The highest BCUT2D eigenvalue weighted by Gasteiger charge is 2.43. The van der Waals surface area contributed by atoms with E-state index in [0.717, 1.165) is 5.69 Å². The van der Waals surface area contributed by atoms with E-state index in [1.54, 1.807) is 18.0 Å². The molecule has 2 atom stereocenters. The summed E-state index contributed by atoms with van der Waals surface area (Å²) >= 11 is 0. The Hall–Kier alpha value is -0.940. The summed E-state index contributed by atoms with van der Waals surface area (Å²) in [4.78, 5) is 0. The van der Waals surface area contributed by atoms with Crippen LogP contribution in [0.1, 0.15) is 25.0 Å². The number of methoxy groups -OCH3 is 1. The van der Waals surface area contributed by atoms with Crippen molar-refractivity contribution in [1.82, 2.24) is 9.78 Å². The van der Waals surface area contributed by atoms with Gasteiger partial charge in [-0.05, 0) is 18.9 Å². The van der Waals surface area contributed by atoms with Crippen molar-refractivity contribution in [3.63, 3.8) is 0 Å². The van der Waals surface area contributed by atoms with Crippen LogP contribution in [0, 0.1) is 0 Å². The third-order valence-electron chi connectivity index (χ3n) is 3.15. The molecule has 1 aliphatic rings. The molecule has 0 N–H and O–H groups in total. The van der Waals surface area contributed by atoms with Crippen LogP contribution in [0.2, 0.25) is 0 Å². The monoisotopic (exact) mass is 228 g/mol. The number of aryl methyl sites for hydroxylation is 1. The Balaban J connectivity index is 2.24. The molecule has 1 heterocycles. The SMILES string of the molecule is COCOC1(c2ccnn2C)CCC(F)C1. The first-order valence-corrected chi connectivity index (χ1v) is 5.43. The van der Waals surface area contributed by atoms with Gasteiger partial charge in [-0.2, -0.15) is 5.10 Å². The molecule has 4 nitrogen and oxygen atoms in total. The highest BCUT2D eigenvalue weighted by molar-refractivity contribution is 5.15. The average molecular weight is 228 g/mol. The number of hydrogen-bond donors (Lipinski definition) is 0. The zero-order chi connectivity index (χ0) is 11.6. The Morgan fingerprint density at radius 2 is 2.50 bits per heavy atom. The molecular weight excluding hydrogens is 211 g/mol. The van der Waals surface area contributed by atoms with E-state index in [1.165, 1.54) is 0 Å². The van der Waals surface area contributed by atoms with E-state index in [9.17, 15) is 4.39 Å². The van der Waals surface area contributed by atoms with Gasteiger partial charge in [0.1, 0.15) is 18.6 Å². The molecule has 5 heteroatoms. The molecule has 0 bridgehead atoms. The van der Waals surface area contributed by atoms with Crippen molar-refractivity contribution in [1.29, 1.82) is 0 Å². The Bertz CT molecular complexity index is 356. The summed E-state index contributed by atoms with van der Waals surface area (Å²) in [5.41, 5.74) is 0.352. The summed E-state index contributed by atoms with van der Waals surface area (Å²) < 4.78 is 25.8. The maximum absolute atomic E-state index is 13.4. The second kappa shape index (κ2) is 4.51. The average Bonchev–Trinajstić information content (AvgIpc) is 2.83. The third-order valence-corrected chi connectivity index (χ3v) is 3.15. The topological polar surface area (TPSA) is 36.3 Å². The lowest BCUT2D eigenvalue weighted by molar-refractivity contribution is -0.138. The molecule has 2 unspecified atom stereocenters. The van der Waals surface area contributed by atoms with Crippen LogP contribution in [0.3, 0.4) is 0 Å². The van der Waals surface area contributed by atoms with Crippen LogP contribution >= 0.6 is 0 Å². The molecule has 90 valence electrons. The van der Waals surface area contributed by atoms with Crippen molar-refractivity contribution in [3.05, 3.63) is 18.0 Å². The van der Waals surface area contributed by atoms with Gasteiger partial charge in [0.2, 0.25) is 0 Å². The van der Waals surface area contributed by atoms with Crippen LogP contribution < -0.4 is 0 Å².